The summed E-state index contributed by atoms with van der Waals surface area (Å²) in [5, 5.41) is 0.173. The van der Waals surface area contributed by atoms with Crippen LogP contribution in [0, 0.1) is 0 Å². The zero-order chi connectivity index (χ0) is 18.3. The molecule has 26 heavy (non-hydrogen) atoms. The van der Waals surface area contributed by atoms with Crippen molar-refractivity contribution in [1.82, 2.24) is 15.0 Å². The highest BCUT2D eigenvalue weighted by molar-refractivity contribution is 7.99. The van der Waals surface area contributed by atoms with E-state index in [4.69, 9.17) is 0 Å². The highest BCUT2D eigenvalue weighted by atomic mass is 32.2. The fourth-order valence-corrected chi connectivity index (χ4v) is 5.20. The van der Waals surface area contributed by atoms with Gasteiger partial charge in [0.25, 0.3) is 0 Å². The van der Waals surface area contributed by atoms with Crippen molar-refractivity contribution in [1.29, 1.82) is 0 Å². The molecule has 0 spiro atoms. The standard InChI is InChI=1S/C17H15F3N3OS2/c18-17(19,20)10-3-4-12-13(8-10)23-16(22-12)26(24)9-14-11-2-1-7-25-15(11)5-6-21-14/h3-6,8,25H,1-2,7,9H2,(H,22,23). The van der Waals surface area contributed by atoms with Crippen LogP contribution in [-0.2, 0) is 29.5 Å². The lowest BCUT2D eigenvalue weighted by atomic mass is 10.1. The topological polar surface area (TPSA) is 64.6 Å². The molecule has 1 N–H and O–H groups in total. The smallest absolute Gasteiger partial charge is 0.416 e. The highest BCUT2D eigenvalue weighted by Crippen LogP contribution is 2.33. The lowest BCUT2D eigenvalue weighted by Crippen LogP contribution is -2.12. The van der Waals surface area contributed by atoms with E-state index in [1.54, 1.807) is 6.20 Å². The molecule has 3 aromatic rings. The van der Waals surface area contributed by atoms with Gasteiger partial charge in [0, 0.05) is 22.3 Å². The third-order valence-corrected chi connectivity index (χ3v) is 6.72. The number of hydrogen-bond donors (Lipinski definition) is 2. The second-order valence-electron chi connectivity index (χ2n) is 6.00. The Morgan fingerprint density at radius 1 is 1.27 bits per heavy atom. The van der Waals surface area contributed by atoms with Crippen LogP contribution in [0.2, 0.25) is 0 Å². The molecule has 0 bridgehead atoms. The maximum atomic E-state index is 12.8. The number of rotatable bonds is 3. The second kappa shape index (κ2) is 6.79. The summed E-state index contributed by atoms with van der Waals surface area (Å²) >= 11 is -0.250. The predicted molar refractivity (Wildman–Crippen MR) is 95.9 cm³/mol. The van der Waals surface area contributed by atoms with Gasteiger partial charge < -0.3 is 4.55 Å². The average Bonchev–Trinajstić information content (AvgIpc) is 3.05. The SMILES string of the molecule is [O-][S+](Cc1nccc2c1CCC[SH]2)c1nc2cc(C(F)(F)F)ccc2[nH]1. The van der Waals surface area contributed by atoms with E-state index >= 15 is 0 Å². The molecule has 0 saturated heterocycles. The first kappa shape index (κ1) is 17.7. The van der Waals surface area contributed by atoms with Gasteiger partial charge in [0.15, 0.2) is 5.75 Å². The Morgan fingerprint density at radius 3 is 2.92 bits per heavy atom. The summed E-state index contributed by atoms with van der Waals surface area (Å²) in [6.07, 6.45) is -0.723. The Bertz CT molecular complexity index is 958. The van der Waals surface area contributed by atoms with E-state index in [0.717, 1.165) is 42.0 Å². The van der Waals surface area contributed by atoms with Crippen molar-refractivity contribution in [2.75, 3.05) is 5.75 Å². The molecule has 1 aliphatic rings. The van der Waals surface area contributed by atoms with Gasteiger partial charge in [-0.25, -0.2) is 0 Å². The van der Waals surface area contributed by atoms with Crippen LogP contribution in [0.15, 0.2) is 40.5 Å². The summed E-state index contributed by atoms with van der Waals surface area (Å²) in [7, 11) is 0. The first-order valence-corrected chi connectivity index (χ1v) is 10.4. The van der Waals surface area contributed by atoms with Crippen LogP contribution < -0.4 is 0 Å². The zero-order valence-corrected chi connectivity index (χ0v) is 15.2. The molecule has 0 saturated carbocycles. The number of aromatic nitrogens is 3. The zero-order valence-electron chi connectivity index (χ0n) is 13.5. The highest BCUT2D eigenvalue weighted by Gasteiger charge is 2.31. The van der Waals surface area contributed by atoms with E-state index in [9.17, 15) is 17.7 Å². The molecule has 2 aromatic heterocycles. The molecule has 1 unspecified atom stereocenters. The second-order valence-corrected chi connectivity index (χ2v) is 8.61. The summed E-state index contributed by atoms with van der Waals surface area (Å²) < 4.78 is 51.2. The molecule has 1 radical (unpaired) electrons. The number of hydrogen-bond acceptors (Lipinski definition) is 3. The molecule has 0 fully saturated rings. The van der Waals surface area contributed by atoms with Crippen molar-refractivity contribution >= 4 is 34.0 Å². The van der Waals surface area contributed by atoms with E-state index in [-0.39, 0.29) is 16.4 Å². The summed E-state index contributed by atoms with van der Waals surface area (Å²) in [6.45, 7) is 0. The van der Waals surface area contributed by atoms with Crippen molar-refractivity contribution in [3.8, 4) is 0 Å². The van der Waals surface area contributed by atoms with Gasteiger partial charge in [-0.05, 0) is 48.4 Å². The minimum atomic E-state index is -4.43. The lowest BCUT2D eigenvalue weighted by Gasteiger charge is -2.18. The van der Waals surface area contributed by atoms with Crippen molar-refractivity contribution in [3.05, 3.63) is 47.3 Å². The van der Waals surface area contributed by atoms with E-state index in [1.165, 1.54) is 22.7 Å². The molecule has 4 nitrogen and oxygen atoms in total. The molecule has 1 aliphatic heterocycles. The Kier molecular flexibility index (Phi) is 4.62. The first-order chi connectivity index (χ1) is 12.4. The monoisotopic (exact) mass is 398 g/mol. The number of fused-ring (bicyclic) bond motifs is 2. The Labute approximate surface area is 154 Å². The fourth-order valence-electron chi connectivity index (χ4n) is 2.98. The van der Waals surface area contributed by atoms with Crippen LogP contribution >= 0.6 is 11.8 Å². The average molecular weight is 398 g/mol. The molecule has 1 atom stereocenters. The third-order valence-electron chi connectivity index (χ3n) is 4.26. The molecule has 4 rings (SSSR count). The van der Waals surface area contributed by atoms with Crippen LogP contribution in [0.5, 0.6) is 0 Å². The number of imidazole rings is 1. The molecule has 137 valence electrons. The molecule has 9 heteroatoms. The van der Waals surface area contributed by atoms with Gasteiger partial charge in [-0.2, -0.15) is 29.9 Å². The van der Waals surface area contributed by atoms with E-state index in [1.807, 2.05) is 6.07 Å². The van der Waals surface area contributed by atoms with Crippen molar-refractivity contribution in [3.63, 3.8) is 0 Å². The molecule has 1 aromatic carbocycles. The minimum Gasteiger partial charge on any atom is -0.609 e. The third kappa shape index (κ3) is 3.43. The number of aromatic amines is 1. The molecular formula is C17H15F3N3OS2. The van der Waals surface area contributed by atoms with E-state index < -0.39 is 22.9 Å². The molecular weight excluding hydrogens is 383 g/mol. The Morgan fingerprint density at radius 2 is 2.12 bits per heavy atom. The van der Waals surface area contributed by atoms with Crippen molar-refractivity contribution < 1.29 is 17.7 Å². The summed E-state index contributed by atoms with van der Waals surface area (Å²) in [4.78, 5) is 12.6. The normalized spacial score (nSPS) is 15.8. The van der Waals surface area contributed by atoms with Crippen LogP contribution in [-0.4, -0.2) is 25.3 Å². The maximum Gasteiger partial charge on any atom is 0.416 e. The minimum absolute atomic E-state index is 0.157. The number of nitrogens with zero attached hydrogens (tertiary/aromatic N) is 2. The number of alkyl halides is 3. The van der Waals surface area contributed by atoms with Crippen LogP contribution in [0.25, 0.3) is 11.0 Å². The Hall–Kier alpha value is -1.71. The van der Waals surface area contributed by atoms with Gasteiger partial charge in [-0.15, -0.1) is 0 Å². The van der Waals surface area contributed by atoms with Crippen LogP contribution in [0.4, 0.5) is 13.2 Å². The van der Waals surface area contributed by atoms with Gasteiger partial charge in [0.1, 0.15) is 0 Å². The molecule has 0 aliphatic carbocycles. The summed E-state index contributed by atoms with van der Waals surface area (Å²) in [6, 6.07) is 5.26. The van der Waals surface area contributed by atoms with Crippen LogP contribution in [0.1, 0.15) is 23.2 Å². The fraction of sp³-hybridized carbons (Fsp3) is 0.294. The molecule has 3 heterocycles. The number of benzene rings is 1. The number of thiol groups is 1. The maximum absolute atomic E-state index is 12.8. The van der Waals surface area contributed by atoms with Gasteiger partial charge in [0.2, 0.25) is 0 Å². The lowest BCUT2D eigenvalue weighted by molar-refractivity contribution is -0.137. The molecule has 0 amide bonds. The van der Waals surface area contributed by atoms with Gasteiger partial charge in [-0.3, -0.25) is 9.97 Å². The van der Waals surface area contributed by atoms with Crippen LogP contribution in [0.3, 0.4) is 0 Å². The quantitative estimate of drug-likeness (QED) is 0.517. The van der Waals surface area contributed by atoms with Crippen molar-refractivity contribution in [2.24, 2.45) is 0 Å². The van der Waals surface area contributed by atoms with E-state index in [2.05, 4.69) is 15.0 Å². The van der Waals surface area contributed by atoms with Gasteiger partial charge in [0.05, 0.1) is 22.3 Å². The first-order valence-electron chi connectivity index (χ1n) is 8.01. The predicted octanol–water partition coefficient (Wildman–Crippen LogP) is 4.06. The van der Waals surface area contributed by atoms with Crippen molar-refractivity contribution in [2.45, 2.75) is 34.8 Å². The van der Waals surface area contributed by atoms with Gasteiger partial charge >= 0.3 is 11.3 Å². The largest absolute Gasteiger partial charge is 0.609 e. The number of pyridine rings is 1. The van der Waals surface area contributed by atoms with E-state index in [0.29, 0.717) is 5.52 Å². The summed E-state index contributed by atoms with van der Waals surface area (Å²) in [5.41, 5.74) is 1.74. The number of nitrogens with one attached hydrogen (secondary N) is 1. The Balaban J connectivity index is 1.62. The summed E-state index contributed by atoms with van der Waals surface area (Å²) in [5.74, 6) is 1.31. The number of H-pyrrole nitrogens is 1. The van der Waals surface area contributed by atoms with Gasteiger partial charge in [-0.1, -0.05) is 0 Å². The number of halogens is 3.